The molecule has 0 radical (unpaired) electrons. The van der Waals surface area contributed by atoms with Crippen molar-refractivity contribution in [3.05, 3.63) is 18.2 Å². The molecular formula is C16H26N6O6. The summed E-state index contributed by atoms with van der Waals surface area (Å²) in [4.78, 5) is 54.4. The first-order chi connectivity index (χ1) is 13.2. The van der Waals surface area contributed by atoms with E-state index in [4.69, 9.17) is 15.9 Å². The summed E-state index contributed by atoms with van der Waals surface area (Å²) in [6.45, 7) is 2.30. The van der Waals surface area contributed by atoms with Gasteiger partial charge < -0.3 is 36.9 Å². The molecule has 0 aromatic carbocycles. The van der Waals surface area contributed by atoms with Gasteiger partial charge in [0.2, 0.25) is 17.7 Å². The van der Waals surface area contributed by atoms with Crippen LogP contribution in [0.15, 0.2) is 12.5 Å². The maximum atomic E-state index is 12.6. The van der Waals surface area contributed by atoms with Crippen molar-refractivity contribution in [2.45, 2.75) is 38.4 Å². The molecule has 3 atom stereocenters. The number of aromatic nitrogens is 2. The van der Waals surface area contributed by atoms with Gasteiger partial charge >= 0.3 is 5.97 Å². The van der Waals surface area contributed by atoms with Crippen LogP contribution in [0.1, 0.15) is 19.5 Å². The molecule has 0 fully saturated rings. The van der Waals surface area contributed by atoms with E-state index in [-0.39, 0.29) is 18.9 Å². The van der Waals surface area contributed by atoms with Gasteiger partial charge in [0.1, 0.15) is 18.1 Å². The van der Waals surface area contributed by atoms with Gasteiger partial charge in [0.25, 0.3) is 0 Å². The summed E-state index contributed by atoms with van der Waals surface area (Å²) < 4.78 is 0. The van der Waals surface area contributed by atoms with Gasteiger partial charge in [-0.2, -0.15) is 0 Å². The first-order valence-corrected chi connectivity index (χ1v) is 8.60. The average molecular weight is 398 g/mol. The number of aliphatic carboxylic acids is 1. The topological polar surface area (TPSA) is 200 Å². The number of carboxylic acids is 1. The number of carbonyl (C=O) groups excluding carboxylic acids is 3. The molecule has 3 unspecified atom stereocenters. The maximum absolute atomic E-state index is 12.6. The summed E-state index contributed by atoms with van der Waals surface area (Å²) in [7, 11) is 0. The standard InChI is InChI=1S/C16H26N6O6/c1-8(2)13(22-12(24)4-17)15(26)20-10(3-9-5-18-7-19-9)14(25)21-11(6-23)16(27)28/h5,7-8,10-11,13,23H,3-4,6,17H2,1-2H3,(H,18,19)(H,20,26)(H,21,25)(H,22,24)(H,27,28). The number of rotatable bonds is 11. The molecule has 12 heteroatoms. The van der Waals surface area contributed by atoms with E-state index in [1.807, 2.05) is 0 Å². The minimum atomic E-state index is -1.52. The summed E-state index contributed by atoms with van der Waals surface area (Å²) in [5.74, 6) is -3.69. The predicted molar refractivity (Wildman–Crippen MR) is 96.7 cm³/mol. The number of carboxylic acid groups (broad SMARTS) is 1. The number of nitrogens with two attached hydrogens (primary N) is 1. The number of nitrogens with zero attached hydrogens (tertiary/aromatic N) is 1. The van der Waals surface area contributed by atoms with Gasteiger partial charge in [-0.25, -0.2) is 9.78 Å². The number of aliphatic hydroxyl groups is 1. The quantitative estimate of drug-likeness (QED) is 0.206. The van der Waals surface area contributed by atoms with Crippen molar-refractivity contribution in [1.29, 1.82) is 0 Å². The minimum absolute atomic E-state index is 0.00894. The van der Waals surface area contributed by atoms with Crippen molar-refractivity contribution < 1.29 is 29.4 Å². The highest BCUT2D eigenvalue weighted by Gasteiger charge is 2.30. The third kappa shape index (κ3) is 6.96. The molecule has 0 aliphatic carbocycles. The van der Waals surface area contributed by atoms with Gasteiger partial charge in [0.05, 0.1) is 19.5 Å². The van der Waals surface area contributed by atoms with Crippen LogP contribution in [0.5, 0.6) is 0 Å². The lowest BCUT2D eigenvalue weighted by molar-refractivity contribution is -0.143. The molecule has 3 amide bonds. The Balaban J connectivity index is 2.97. The second-order valence-corrected chi connectivity index (χ2v) is 6.42. The largest absolute Gasteiger partial charge is 0.480 e. The number of nitrogens with one attached hydrogen (secondary N) is 4. The molecule has 28 heavy (non-hydrogen) atoms. The van der Waals surface area contributed by atoms with Crippen molar-refractivity contribution in [3.8, 4) is 0 Å². The molecule has 0 saturated carbocycles. The van der Waals surface area contributed by atoms with E-state index >= 15 is 0 Å². The monoisotopic (exact) mass is 398 g/mol. The molecule has 0 saturated heterocycles. The van der Waals surface area contributed by atoms with Crippen LogP contribution in [-0.2, 0) is 25.6 Å². The van der Waals surface area contributed by atoms with Gasteiger partial charge in [-0.15, -0.1) is 0 Å². The van der Waals surface area contributed by atoms with Gasteiger partial charge in [0.15, 0.2) is 0 Å². The molecule has 1 aromatic heterocycles. The van der Waals surface area contributed by atoms with Crippen LogP contribution in [0, 0.1) is 5.92 Å². The molecule has 0 spiro atoms. The predicted octanol–water partition coefficient (Wildman–Crippen LogP) is -2.90. The van der Waals surface area contributed by atoms with Crippen LogP contribution < -0.4 is 21.7 Å². The van der Waals surface area contributed by atoms with E-state index in [0.29, 0.717) is 5.69 Å². The van der Waals surface area contributed by atoms with Crippen molar-refractivity contribution in [3.63, 3.8) is 0 Å². The van der Waals surface area contributed by atoms with Gasteiger partial charge in [0, 0.05) is 18.3 Å². The Hall–Kier alpha value is -2.99. The fourth-order valence-corrected chi connectivity index (χ4v) is 2.31. The molecule has 0 bridgehead atoms. The highest BCUT2D eigenvalue weighted by atomic mass is 16.4. The Labute approximate surface area is 161 Å². The molecule has 1 rings (SSSR count). The van der Waals surface area contributed by atoms with Crippen LogP contribution in [-0.4, -0.2) is 75.1 Å². The Morgan fingerprint density at radius 3 is 2.25 bits per heavy atom. The minimum Gasteiger partial charge on any atom is -0.480 e. The Kier molecular flexibility index (Phi) is 9.05. The number of H-pyrrole nitrogens is 1. The zero-order valence-corrected chi connectivity index (χ0v) is 15.6. The molecule has 1 heterocycles. The number of imidazole rings is 1. The van der Waals surface area contributed by atoms with E-state index in [2.05, 4.69) is 25.9 Å². The lowest BCUT2D eigenvalue weighted by atomic mass is 10.0. The number of hydrogen-bond acceptors (Lipinski definition) is 7. The van der Waals surface area contributed by atoms with Crippen LogP contribution in [0.25, 0.3) is 0 Å². The highest BCUT2D eigenvalue weighted by molar-refractivity contribution is 5.93. The molecule has 0 aliphatic heterocycles. The second-order valence-electron chi connectivity index (χ2n) is 6.42. The van der Waals surface area contributed by atoms with Crippen molar-refractivity contribution in [2.24, 2.45) is 11.7 Å². The first-order valence-electron chi connectivity index (χ1n) is 8.60. The zero-order chi connectivity index (χ0) is 21.3. The van der Waals surface area contributed by atoms with Crippen LogP contribution in [0.4, 0.5) is 0 Å². The summed E-state index contributed by atoms with van der Waals surface area (Å²) in [6, 6.07) is -3.63. The number of aliphatic hydroxyl groups excluding tert-OH is 1. The maximum Gasteiger partial charge on any atom is 0.328 e. The number of amides is 3. The summed E-state index contributed by atoms with van der Waals surface area (Å²) in [5.41, 5.74) is 5.78. The Bertz CT molecular complexity index is 677. The number of hydrogen-bond donors (Lipinski definition) is 7. The van der Waals surface area contributed by atoms with Gasteiger partial charge in [-0.1, -0.05) is 13.8 Å². The zero-order valence-electron chi connectivity index (χ0n) is 15.6. The van der Waals surface area contributed by atoms with E-state index in [9.17, 15) is 19.2 Å². The SMILES string of the molecule is CC(C)C(NC(=O)CN)C(=O)NC(Cc1cnc[nH]1)C(=O)NC(CO)C(=O)O. The molecule has 12 nitrogen and oxygen atoms in total. The lowest BCUT2D eigenvalue weighted by Gasteiger charge is -2.25. The van der Waals surface area contributed by atoms with Crippen LogP contribution in [0.2, 0.25) is 0 Å². The van der Waals surface area contributed by atoms with Crippen molar-refractivity contribution in [1.82, 2.24) is 25.9 Å². The fourth-order valence-electron chi connectivity index (χ4n) is 2.31. The molecule has 0 aliphatic rings. The summed E-state index contributed by atoms with van der Waals surface area (Å²) in [5, 5.41) is 25.2. The Morgan fingerprint density at radius 2 is 1.79 bits per heavy atom. The van der Waals surface area contributed by atoms with Gasteiger partial charge in [-0.3, -0.25) is 14.4 Å². The average Bonchev–Trinajstić information content (AvgIpc) is 3.15. The highest BCUT2D eigenvalue weighted by Crippen LogP contribution is 2.05. The van der Waals surface area contributed by atoms with Crippen LogP contribution in [0.3, 0.4) is 0 Å². The van der Waals surface area contributed by atoms with E-state index < -0.39 is 48.4 Å². The molecular weight excluding hydrogens is 372 g/mol. The van der Waals surface area contributed by atoms with E-state index in [1.54, 1.807) is 13.8 Å². The molecule has 8 N–H and O–H groups in total. The molecule has 1 aromatic rings. The summed E-state index contributed by atoms with van der Waals surface area (Å²) in [6.07, 6.45) is 2.83. The van der Waals surface area contributed by atoms with Crippen molar-refractivity contribution >= 4 is 23.7 Å². The van der Waals surface area contributed by atoms with Crippen molar-refractivity contribution in [2.75, 3.05) is 13.2 Å². The van der Waals surface area contributed by atoms with Crippen LogP contribution >= 0.6 is 0 Å². The summed E-state index contributed by atoms with van der Waals surface area (Å²) >= 11 is 0. The third-order valence-electron chi connectivity index (χ3n) is 3.86. The third-order valence-corrected chi connectivity index (χ3v) is 3.86. The van der Waals surface area contributed by atoms with Gasteiger partial charge in [-0.05, 0) is 5.92 Å². The normalized spacial score (nSPS) is 14.0. The van der Waals surface area contributed by atoms with E-state index in [1.165, 1.54) is 12.5 Å². The first kappa shape index (κ1) is 23.0. The Morgan fingerprint density at radius 1 is 1.14 bits per heavy atom. The number of carbonyl (C=O) groups is 4. The lowest BCUT2D eigenvalue weighted by Crippen LogP contribution is -2.58. The smallest absolute Gasteiger partial charge is 0.328 e. The van der Waals surface area contributed by atoms with E-state index in [0.717, 1.165) is 0 Å². The molecule has 156 valence electrons. The fraction of sp³-hybridized carbons (Fsp3) is 0.562. The second kappa shape index (κ2) is 11.0. The number of aromatic amines is 1.